The number of hydrogen-bond acceptors (Lipinski definition) is 9. The molecular formula is C31H44O9. The summed E-state index contributed by atoms with van der Waals surface area (Å²) in [6.07, 6.45) is 5.26. The molecule has 1 aliphatic heterocycles. The van der Waals surface area contributed by atoms with Gasteiger partial charge in [-0.25, -0.2) is 4.79 Å². The summed E-state index contributed by atoms with van der Waals surface area (Å²) >= 11 is 0. The Morgan fingerprint density at radius 2 is 1.82 bits per heavy atom. The lowest BCUT2D eigenvalue weighted by Crippen LogP contribution is -2.63. The molecule has 3 N–H and O–H groups in total. The van der Waals surface area contributed by atoms with Gasteiger partial charge >= 0.3 is 5.63 Å². The monoisotopic (exact) mass is 560 g/mol. The van der Waals surface area contributed by atoms with E-state index in [-0.39, 0.29) is 40.8 Å². The van der Waals surface area contributed by atoms with Gasteiger partial charge in [-0.2, -0.15) is 0 Å². The molecule has 0 bridgehead atoms. The highest BCUT2D eigenvalue weighted by Gasteiger charge is 2.68. The van der Waals surface area contributed by atoms with Gasteiger partial charge in [0.15, 0.2) is 6.29 Å². The zero-order valence-electron chi connectivity index (χ0n) is 23.7. The number of aldehydes is 1. The summed E-state index contributed by atoms with van der Waals surface area (Å²) in [6.45, 7) is 3.93. The van der Waals surface area contributed by atoms with Gasteiger partial charge in [0, 0.05) is 24.0 Å². The maximum absolute atomic E-state index is 13.0. The van der Waals surface area contributed by atoms with Crippen molar-refractivity contribution in [2.45, 2.75) is 120 Å². The predicted octanol–water partition coefficient (Wildman–Crippen LogP) is 2.93. The molecule has 9 nitrogen and oxygen atoms in total. The zero-order valence-corrected chi connectivity index (χ0v) is 23.7. The lowest BCUT2D eigenvalue weighted by molar-refractivity contribution is -0.312. The van der Waals surface area contributed by atoms with Crippen molar-refractivity contribution < 1.29 is 38.7 Å². The molecule has 0 unspecified atom stereocenters. The molecule has 0 spiro atoms. The smallest absolute Gasteiger partial charge is 0.335 e. The summed E-state index contributed by atoms with van der Waals surface area (Å²) in [4.78, 5) is 24.6. The summed E-state index contributed by atoms with van der Waals surface area (Å²) in [6, 6.07) is 3.30. The molecule has 1 saturated heterocycles. The van der Waals surface area contributed by atoms with Crippen LogP contribution < -0.4 is 5.63 Å². The van der Waals surface area contributed by atoms with Crippen LogP contribution in [0, 0.1) is 28.6 Å². The Kier molecular flexibility index (Phi) is 7.32. The van der Waals surface area contributed by atoms with Crippen LogP contribution in [0.25, 0.3) is 0 Å². The van der Waals surface area contributed by atoms with Crippen LogP contribution >= 0.6 is 0 Å². The minimum atomic E-state index is -1.11. The highest BCUT2D eigenvalue weighted by molar-refractivity contribution is 5.62. The van der Waals surface area contributed by atoms with E-state index in [9.17, 15) is 24.9 Å². The Morgan fingerprint density at radius 1 is 1.02 bits per heavy atom. The second kappa shape index (κ2) is 10.3. The van der Waals surface area contributed by atoms with Gasteiger partial charge in [-0.05, 0) is 100 Å². The van der Waals surface area contributed by atoms with Gasteiger partial charge < -0.3 is 38.7 Å². The molecule has 9 heteroatoms. The van der Waals surface area contributed by atoms with Crippen LogP contribution in [0.15, 0.2) is 27.6 Å². The Labute approximate surface area is 235 Å². The SMILES string of the molecule is CO[C@@H]1[C@H](O)[C@H](O[C@@H]2CC[C@]3(C=O)[C@@H](CC[C@H]4[C@@H]3CC[C@@]3(C)[C@@H](c5ccc(=O)oc5)CC[C@]43O)C2)O[C@H](C)[C@H]1O. The number of carbonyl (C=O) groups is 1. The highest BCUT2D eigenvalue weighted by atomic mass is 16.7. The van der Waals surface area contributed by atoms with Crippen molar-refractivity contribution in [2.75, 3.05) is 7.11 Å². The minimum absolute atomic E-state index is 0.0409. The van der Waals surface area contributed by atoms with Crippen molar-refractivity contribution >= 4 is 6.29 Å². The van der Waals surface area contributed by atoms with Gasteiger partial charge in [0.25, 0.3) is 0 Å². The molecule has 0 amide bonds. The molecule has 40 heavy (non-hydrogen) atoms. The van der Waals surface area contributed by atoms with E-state index in [1.165, 1.54) is 19.5 Å². The normalized spacial score (nSPS) is 50.5. The van der Waals surface area contributed by atoms with Gasteiger partial charge in [0.05, 0.1) is 24.1 Å². The minimum Gasteiger partial charge on any atom is -0.431 e. The quantitative estimate of drug-likeness (QED) is 0.367. The average molecular weight is 561 g/mol. The third-order valence-corrected chi connectivity index (χ3v) is 12.1. The standard InChI is InChI=1S/C31H44O9/c1-17-25(34)27(37-3)26(35)28(39-17)40-20-8-12-30(16-32)19(14-20)5-6-23-22(30)9-11-29(2)21(10-13-31(23,29)36)18-4-7-24(33)38-15-18/h4,7,15-17,19-23,25-28,34-36H,5-6,8-14H2,1-3H3/t17-,19+,20-,21-,22+,23+,25-,26+,27+,28+,29+,30+,31+/m1/s1. The Hall–Kier alpha value is -1.62. The van der Waals surface area contributed by atoms with E-state index in [0.29, 0.717) is 25.7 Å². The fraction of sp³-hybridized carbons (Fsp3) is 0.806. The van der Waals surface area contributed by atoms with Crippen LogP contribution in [0.2, 0.25) is 0 Å². The molecule has 0 aromatic carbocycles. The Balaban J connectivity index is 1.19. The molecule has 13 atom stereocenters. The van der Waals surface area contributed by atoms with Crippen molar-refractivity contribution in [1.29, 1.82) is 0 Å². The molecule has 5 aliphatic rings. The van der Waals surface area contributed by atoms with Crippen LogP contribution in [0.4, 0.5) is 0 Å². The van der Waals surface area contributed by atoms with Crippen LogP contribution in [0.5, 0.6) is 0 Å². The number of carbonyl (C=O) groups excluding carboxylic acids is 1. The van der Waals surface area contributed by atoms with Gasteiger partial charge in [-0.15, -0.1) is 0 Å². The molecule has 4 aliphatic carbocycles. The lowest BCUT2D eigenvalue weighted by Gasteiger charge is -2.63. The van der Waals surface area contributed by atoms with Crippen LogP contribution in [-0.2, 0) is 19.0 Å². The molecule has 4 saturated carbocycles. The number of ether oxygens (including phenoxy) is 3. The maximum atomic E-state index is 13.0. The average Bonchev–Trinajstić information content (AvgIpc) is 3.23. The maximum Gasteiger partial charge on any atom is 0.335 e. The van der Waals surface area contributed by atoms with E-state index >= 15 is 0 Å². The molecule has 1 aromatic heterocycles. The number of methoxy groups -OCH3 is 1. The fourth-order valence-electron chi connectivity index (χ4n) is 9.91. The molecule has 2 heterocycles. The number of aliphatic hydroxyl groups excluding tert-OH is 2. The van der Waals surface area contributed by atoms with Gasteiger partial charge in [-0.3, -0.25) is 0 Å². The largest absolute Gasteiger partial charge is 0.431 e. The summed E-state index contributed by atoms with van der Waals surface area (Å²) in [5, 5.41) is 33.5. The topological polar surface area (TPSA) is 136 Å². The molecule has 1 aromatic rings. The van der Waals surface area contributed by atoms with E-state index in [2.05, 4.69) is 6.92 Å². The molecule has 6 rings (SSSR count). The predicted molar refractivity (Wildman–Crippen MR) is 143 cm³/mol. The third-order valence-electron chi connectivity index (χ3n) is 12.1. The number of hydrogen-bond donors (Lipinski definition) is 3. The first-order chi connectivity index (χ1) is 19.1. The van der Waals surface area contributed by atoms with Crippen molar-refractivity contribution in [3.63, 3.8) is 0 Å². The molecule has 0 radical (unpaired) electrons. The van der Waals surface area contributed by atoms with Crippen molar-refractivity contribution in [2.24, 2.45) is 28.6 Å². The summed E-state index contributed by atoms with van der Waals surface area (Å²) in [7, 11) is 1.46. The lowest BCUT2D eigenvalue weighted by atomic mass is 9.43. The van der Waals surface area contributed by atoms with E-state index in [0.717, 1.165) is 37.7 Å². The van der Waals surface area contributed by atoms with Gasteiger partial charge in [0.1, 0.15) is 24.6 Å². The first kappa shape index (κ1) is 28.5. The van der Waals surface area contributed by atoms with Gasteiger partial charge in [0.2, 0.25) is 0 Å². The van der Waals surface area contributed by atoms with Crippen LogP contribution in [0.1, 0.15) is 83.1 Å². The van der Waals surface area contributed by atoms with E-state index < -0.39 is 41.7 Å². The van der Waals surface area contributed by atoms with E-state index in [1.54, 1.807) is 13.2 Å². The second-order valence-electron chi connectivity index (χ2n) is 13.5. The van der Waals surface area contributed by atoms with Crippen LogP contribution in [-0.4, -0.2) is 71.1 Å². The Morgan fingerprint density at radius 3 is 2.52 bits per heavy atom. The number of fused-ring (bicyclic) bond motifs is 5. The summed E-state index contributed by atoms with van der Waals surface area (Å²) < 4.78 is 22.6. The summed E-state index contributed by atoms with van der Waals surface area (Å²) in [5.41, 5.74) is -1.12. The van der Waals surface area contributed by atoms with Gasteiger partial charge in [-0.1, -0.05) is 6.92 Å². The molecule has 5 fully saturated rings. The van der Waals surface area contributed by atoms with E-state index in [1.807, 2.05) is 6.07 Å². The Bertz CT molecular complexity index is 1130. The number of rotatable bonds is 5. The summed E-state index contributed by atoms with van der Waals surface area (Å²) in [5.74, 6) is 0.398. The first-order valence-electron chi connectivity index (χ1n) is 15.1. The molecular weight excluding hydrogens is 516 g/mol. The fourth-order valence-corrected chi connectivity index (χ4v) is 9.91. The highest BCUT2D eigenvalue weighted by Crippen LogP contribution is 2.70. The van der Waals surface area contributed by atoms with E-state index in [4.69, 9.17) is 18.6 Å². The van der Waals surface area contributed by atoms with Crippen molar-refractivity contribution in [3.8, 4) is 0 Å². The molecule has 222 valence electrons. The van der Waals surface area contributed by atoms with Crippen molar-refractivity contribution in [3.05, 3.63) is 34.4 Å². The first-order valence-corrected chi connectivity index (χ1v) is 15.1. The zero-order chi connectivity index (χ0) is 28.4. The number of aliphatic hydroxyl groups is 3. The van der Waals surface area contributed by atoms with Crippen molar-refractivity contribution in [1.82, 2.24) is 0 Å². The van der Waals surface area contributed by atoms with Crippen LogP contribution in [0.3, 0.4) is 0 Å². The third kappa shape index (κ3) is 4.10. The second-order valence-corrected chi connectivity index (χ2v) is 13.5.